The Kier molecular flexibility index (Phi) is 3.52. The number of benzene rings is 1. The zero-order valence-electron chi connectivity index (χ0n) is 11.3. The first kappa shape index (κ1) is 12.6. The first-order valence-electron chi connectivity index (χ1n) is 7.29. The van der Waals surface area contributed by atoms with E-state index in [4.69, 9.17) is 0 Å². The van der Waals surface area contributed by atoms with Gasteiger partial charge in [-0.1, -0.05) is 37.3 Å². The quantitative estimate of drug-likeness (QED) is 0.838. The van der Waals surface area contributed by atoms with Crippen LogP contribution in [0.15, 0.2) is 30.8 Å². The second-order valence-electron chi connectivity index (χ2n) is 5.85. The molecule has 19 heavy (non-hydrogen) atoms. The van der Waals surface area contributed by atoms with Gasteiger partial charge in [-0.25, -0.2) is 0 Å². The number of hydrogen-bond donors (Lipinski definition) is 1. The fourth-order valence-corrected chi connectivity index (χ4v) is 3.53. The van der Waals surface area contributed by atoms with Gasteiger partial charge in [-0.3, -0.25) is 4.79 Å². The van der Waals surface area contributed by atoms with Gasteiger partial charge in [0, 0.05) is 23.6 Å². The molecule has 1 N–H and O–H groups in total. The molecular weight excluding hydrogens is 234 g/mol. The molecule has 0 amide bonds. The van der Waals surface area contributed by atoms with E-state index < -0.39 is 0 Å². The van der Waals surface area contributed by atoms with Crippen molar-refractivity contribution in [3.63, 3.8) is 0 Å². The van der Waals surface area contributed by atoms with Crippen molar-refractivity contribution >= 4 is 11.9 Å². The summed E-state index contributed by atoms with van der Waals surface area (Å²) in [5.74, 6) is 0.527. The van der Waals surface area contributed by atoms with Crippen molar-refractivity contribution < 1.29 is 4.79 Å². The average molecular weight is 255 g/mol. The number of rotatable bonds is 3. The zero-order valence-corrected chi connectivity index (χ0v) is 11.3. The molecule has 0 aromatic heterocycles. The lowest BCUT2D eigenvalue weighted by molar-refractivity contribution is 0.0825. The predicted octanol–water partition coefficient (Wildman–Crippen LogP) is 3.43. The van der Waals surface area contributed by atoms with E-state index in [0.717, 1.165) is 24.0 Å². The lowest BCUT2D eigenvalue weighted by Crippen LogP contribution is -2.50. The summed E-state index contributed by atoms with van der Waals surface area (Å²) >= 11 is 0. The summed E-state index contributed by atoms with van der Waals surface area (Å²) in [4.78, 5) is 12.6. The molecule has 3 rings (SSSR count). The number of nitrogens with one attached hydrogen (secondary N) is 1. The smallest absolute Gasteiger partial charge is 0.166 e. The molecule has 2 nitrogen and oxygen atoms in total. The van der Waals surface area contributed by atoms with Crippen molar-refractivity contribution in [2.75, 3.05) is 0 Å². The van der Waals surface area contributed by atoms with Crippen LogP contribution in [0.5, 0.6) is 0 Å². The number of carbonyl (C=O) groups excluding carboxylic acids is 1. The fraction of sp³-hybridized carbons (Fsp3) is 0.471. The Morgan fingerprint density at radius 1 is 1.26 bits per heavy atom. The lowest BCUT2D eigenvalue weighted by Gasteiger charge is -2.39. The van der Waals surface area contributed by atoms with Crippen LogP contribution in [0.3, 0.4) is 0 Å². The third-order valence-corrected chi connectivity index (χ3v) is 4.49. The summed E-state index contributed by atoms with van der Waals surface area (Å²) < 4.78 is 0. The Morgan fingerprint density at radius 3 is 2.68 bits per heavy atom. The van der Waals surface area contributed by atoms with Crippen molar-refractivity contribution in [2.24, 2.45) is 5.92 Å². The molecule has 2 fully saturated rings. The SMILES string of the molecule is C=Cc1cccc(C(=O)C2CC3CCCC(C2)N3)c1. The van der Waals surface area contributed by atoms with Crippen LogP contribution in [0.1, 0.15) is 48.0 Å². The van der Waals surface area contributed by atoms with Gasteiger partial charge in [0.2, 0.25) is 0 Å². The molecule has 0 aliphatic carbocycles. The van der Waals surface area contributed by atoms with Gasteiger partial charge < -0.3 is 5.32 Å². The number of fused-ring (bicyclic) bond motifs is 2. The van der Waals surface area contributed by atoms with Gasteiger partial charge in [0.25, 0.3) is 0 Å². The number of hydrogen-bond acceptors (Lipinski definition) is 2. The van der Waals surface area contributed by atoms with Crippen LogP contribution in [-0.4, -0.2) is 17.9 Å². The molecule has 100 valence electrons. The Morgan fingerprint density at radius 2 is 2.00 bits per heavy atom. The van der Waals surface area contributed by atoms with Crippen LogP contribution in [0.2, 0.25) is 0 Å². The third kappa shape index (κ3) is 2.64. The normalized spacial score (nSPS) is 29.8. The molecule has 2 aliphatic rings. The van der Waals surface area contributed by atoms with Crippen molar-refractivity contribution in [3.8, 4) is 0 Å². The highest BCUT2D eigenvalue weighted by molar-refractivity contribution is 5.98. The second-order valence-corrected chi connectivity index (χ2v) is 5.85. The summed E-state index contributed by atoms with van der Waals surface area (Å²) in [7, 11) is 0. The highest BCUT2D eigenvalue weighted by atomic mass is 16.1. The van der Waals surface area contributed by atoms with Gasteiger partial charge in [-0.2, -0.15) is 0 Å². The number of ketones is 1. The monoisotopic (exact) mass is 255 g/mol. The first-order chi connectivity index (χ1) is 9.26. The molecule has 0 spiro atoms. The van der Waals surface area contributed by atoms with Crippen molar-refractivity contribution in [1.82, 2.24) is 5.32 Å². The maximum absolute atomic E-state index is 12.6. The predicted molar refractivity (Wildman–Crippen MR) is 78.2 cm³/mol. The maximum atomic E-state index is 12.6. The summed E-state index contributed by atoms with van der Waals surface area (Å²) in [6, 6.07) is 8.96. The molecule has 2 unspecified atom stereocenters. The summed E-state index contributed by atoms with van der Waals surface area (Å²) in [5, 5.41) is 3.64. The van der Waals surface area contributed by atoms with Crippen LogP contribution < -0.4 is 5.32 Å². The largest absolute Gasteiger partial charge is 0.311 e. The van der Waals surface area contributed by atoms with E-state index in [-0.39, 0.29) is 5.92 Å². The van der Waals surface area contributed by atoms with Gasteiger partial charge in [-0.15, -0.1) is 0 Å². The van der Waals surface area contributed by atoms with Crippen molar-refractivity contribution in [1.29, 1.82) is 0 Å². The van der Waals surface area contributed by atoms with Crippen LogP contribution in [0.25, 0.3) is 6.08 Å². The molecule has 2 saturated heterocycles. The van der Waals surface area contributed by atoms with E-state index in [1.165, 1.54) is 19.3 Å². The van der Waals surface area contributed by atoms with Gasteiger partial charge in [0.05, 0.1) is 0 Å². The molecule has 2 heteroatoms. The molecule has 2 aliphatic heterocycles. The van der Waals surface area contributed by atoms with E-state index >= 15 is 0 Å². The third-order valence-electron chi connectivity index (χ3n) is 4.49. The van der Waals surface area contributed by atoms with E-state index in [2.05, 4.69) is 11.9 Å². The molecule has 1 aromatic carbocycles. The van der Waals surface area contributed by atoms with Crippen molar-refractivity contribution in [2.45, 2.75) is 44.2 Å². The molecule has 0 saturated carbocycles. The summed E-state index contributed by atoms with van der Waals surface area (Å²) in [6.45, 7) is 3.77. The Hall–Kier alpha value is -1.41. The molecule has 2 heterocycles. The standard InChI is InChI=1S/C17H21NO/c1-2-12-5-3-6-13(9-12)17(19)14-10-15-7-4-8-16(11-14)18-15/h2-3,5-6,9,14-16,18H,1,4,7-8,10-11H2. The van der Waals surface area contributed by atoms with Crippen LogP contribution in [0.4, 0.5) is 0 Å². The van der Waals surface area contributed by atoms with Gasteiger partial charge in [-0.05, 0) is 37.3 Å². The first-order valence-corrected chi connectivity index (χ1v) is 7.29. The average Bonchev–Trinajstić information content (AvgIpc) is 2.46. The maximum Gasteiger partial charge on any atom is 0.166 e. The Bertz CT molecular complexity index is 482. The van der Waals surface area contributed by atoms with E-state index in [1.54, 1.807) is 6.08 Å². The van der Waals surface area contributed by atoms with Crippen LogP contribution in [-0.2, 0) is 0 Å². The molecule has 0 radical (unpaired) electrons. The molecule has 1 aromatic rings. The molecular formula is C17H21NO. The minimum atomic E-state index is 0.205. The van der Waals surface area contributed by atoms with Crippen molar-refractivity contribution in [3.05, 3.63) is 42.0 Å². The summed E-state index contributed by atoms with van der Waals surface area (Å²) in [6.07, 6.45) is 7.59. The van der Waals surface area contributed by atoms with Gasteiger partial charge in [0.1, 0.15) is 0 Å². The molecule has 2 bridgehead atoms. The molecule has 2 atom stereocenters. The van der Waals surface area contributed by atoms with Crippen LogP contribution in [0, 0.1) is 5.92 Å². The topological polar surface area (TPSA) is 29.1 Å². The van der Waals surface area contributed by atoms with Gasteiger partial charge >= 0.3 is 0 Å². The number of piperidine rings is 2. The fourth-order valence-electron chi connectivity index (χ4n) is 3.53. The number of Topliss-reactive ketones (excluding diaryl/α,β-unsaturated/α-hetero) is 1. The minimum absolute atomic E-state index is 0.205. The minimum Gasteiger partial charge on any atom is -0.311 e. The Balaban J connectivity index is 1.77. The lowest BCUT2D eigenvalue weighted by atomic mass is 9.77. The van der Waals surface area contributed by atoms with Gasteiger partial charge in [0.15, 0.2) is 5.78 Å². The zero-order chi connectivity index (χ0) is 13.2. The second kappa shape index (κ2) is 5.30. The Labute approximate surface area is 114 Å². The van der Waals surface area contributed by atoms with E-state index in [1.807, 2.05) is 24.3 Å². The van der Waals surface area contributed by atoms with E-state index in [0.29, 0.717) is 17.9 Å². The number of carbonyl (C=O) groups is 1. The van der Waals surface area contributed by atoms with Crippen LogP contribution >= 0.6 is 0 Å². The highest BCUT2D eigenvalue weighted by Gasteiger charge is 2.34. The summed E-state index contributed by atoms with van der Waals surface area (Å²) in [5.41, 5.74) is 1.88. The van der Waals surface area contributed by atoms with E-state index in [9.17, 15) is 4.79 Å². The highest BCUT2D eigenvalue weighted by Crippen LogP contribution is 2.31.